The maximum absolute atomic E-state index is 13.2. The first-order chi connectivity index (χ1) is 11.5. The molecule has 0 spiro atoms. The third-order valence-electron chi connectivity index (χ3n) is 4.90. The highest BCUT2D eigenvalue weighted by atomic mass is 19.2. The summed E-state index contributed by atoms with van der Waals surface area (Å²) in [4.78, 5) is 6.54. The van der Waals surface area contributed by atoms with Gasteiger partial charge < -0.3 is 14.6 Å². The van der Waals surface area contributed by atoms with Crippen LogP contribution in [0.4, 0.5) is 8.78 Å². The van der Waals surface area contributed by atoms with Crippen molar-refractivity contribution in [3.8, 4) is 0 Å². The van der Waals surface area contributed by atoms with Crippen molar-refractivity contribution in [2.75, 3.05) is 19.6 Å². The molecule has 130 valence electrons. The lowest BCUT2D eigenvalue weighted by Crippen LogP contribution is -2.37. The van der Waals surface area contributed by atoms with E-state index in [1.807, 2.05) is 17.8 Å². The van der Waals surface area contributed by atoms with Crippen LogP contribution in [0.5, 0.6) is 0 Å². The second-order valence-corrected chi connectivity index (χ2v) is 6.52. The molecule has 1 aromatic carbocycles. The van der Waals surface area contributed by atoms with Crippen LogP contribution in [-0.2, 0) is 13.5 Å². The summed E-state index contributed by atoms with van der Waals surface area (Å²) in [5.41, 5.74) is 0.809. The van der Waals surface area contributed by atoms with Crippen LogP contribution in [0.2, 0.25) is 0 Å². The zero-order chi connectivity index (χ0) is 17.1. The minimum Gasteiger partial charge on any atom is -0.385 e. The first kappa shape index (κ1) is 17.0. The molecule has 1 N–H and O–H groups in total. The molecule has 0 bridgehead atoms. The number of imidazole rings is 1. The monoisotopic (exact) mass is 335 g/mol. The summed E-state index contributed by atoms with van der Waals surface area (Å²) in [6.45, 7) is 2.61. The number of halogens is 2. The van der Waals surface area contributed by atoms with Gasteiger partial charge in [-0.15, -0.1) is 0 Å². The van der Waals surface area contributed by atoms with Gasteiger partial charge in [-0.05, 0) is 56.0 Å². The second kappa shape index (κ2) is 7.40. The summed E-state index contributed by atoms with van der Waals surface area (Å²) >= 11 is 0. The number of hydrogen-bond acceptors (Lipinski definition) is 3. The van der Waals surface area contributed by atoms with Crippen molar-refractivity contribution < 1.29 is 13.9 Å². The van der Waals surface area contributed by atoms with Crippen molar-refractivity contribution >= 4 is 0 Å². The van der Waals surface area contributed by atoms with E-state index in [2.05, 4.69) is 9.88 Å². The average Bonchev–Trinajstić information content (AvgIpc) is 3.02. The molecule has 6 heteroatoms. The Labute approximate surface area is 140 Å². The van der Waals surface area contributed by atoms with Gasteiger partial charge in [0.1, 0.15) is 11.9 Å². The zero-order valence-corrected chi connectivity index (χ0v) is 13.8. The van der Waals surface area contributed by atoms with Gasteiger partial charge in [-0.1, -0.05) is 6.07 Å². The van der Waals surface area contributed by atoms with Crippen LogP contribution in [0.25, 0.3) is 0 Å². The first-order valence-corrected chi connectivity index (χ1v) is 8.36. The molecule has 3 rings (SSSR count). The van der Waals surface area contributed by atoms with Crippen LogP contribution < -0.4 is 0 Å². The van der Waals surface area contributed by atoms with Gasteiger partial charge in [0.15, 0.2) is 11.6 Å². The van der Waals surface area contributed by atoms with E-state index >= 15 is 0 Å². The van der Waals surface area contributed by atoms with E-state index in [4.69, 9.17) is 0 Å². The van der Waals surface area contributed by atoms with Crippen LogP contribution in [0.1, 0.15) is 30.3 Å². The molecule has 1 saturated heterocycles. The molecule has 1 atom stereocenters. The number of aliphatic hydroxyl groups is 1. The van der Waals surface area contributed by atoms with Crippen molar-refractivity contribution in [1.82, 2.24) is 14.5 Å². The molecule has 4 nitrogen and oxygen atoms in total. The molecule has 2 aromatic rings. The summed E-state index contributed by atoms with van der Waals surface area (Å²) in [6.07, 6.45) is 5.53. The van der Waals surface area contributed by atoms with Gasteiger partial charge in [-0.2, -0.15) is 0 Å². The molecule has 1 aliphatic rings. The number of aliphatic hydroxyl groups excluding tert-OH is 1. The fourth-order valence-corrected chi connectivity index (χ4v) is 3.35. The number of aromatic nitrogens is 2. The predicted octanol–water partition coefficient (Wildman–Crippen LogP) is 2.69. The van der Waals surface area contributed by atoms with E-state index in [9.17, 15) is 13.9 Å². The number of likely N-dealkylation sites (tertiary alicyclic amines) is 1. The molecule has 1 aromatic heterocycles. The zero-order valence-electron chi connectivity index (χ0n) is 13.8. The Morgan fingerprint density at radius 3 is 2.62 bits per heavy atom. The minimum atomic E-state index is -0.803. The Morgan fingerprint density at radius 1 is 1.25 bits per heavy atom. The summed E-state index contributed by atoms with van der Waals surface area (Å²) < 4.78 is 28.0. The minimum absolute atomic E-state index is 0.214. The quantitative estimate of drug-likeness (QED) is 0.913. The van der Waals surface area contributed by atoms with Crippen molar-refractivity contribution in [2.24, 2.45) is 13.0 Å². The van der Waals surface area contributed by atoms with Gasteiger partial charge in [0.2, 0.25) is 0 Å². The van der Waals surface area contributed by atoms with Gasteiger partial charge >= 0.3 is 0 Å². The molecule has 1 unspecified atom stereocenters. The normalized spacial score (nSPS) is 18.0. The van der Waals surface area contributed by atoms with Gasteiger partial charge in [0.25, 0.3) is 0 Å². The maximum atomic E-state index is 13.2. The molecule has 2 heterocycles. The first-order valence-electron chi connectivity index (χ1n) is 8.36. The smallest absolute Gasteiger partial charge is 0.159 e. The Hall–Kier alpha value is -1.79. The van der Waals surface area contributed by atoms with E-state index in [-0.39, 0.29) is 5.92 Å². The van der Waals surface area contributed by atoms with Gasteiger partial charge in [0, 0.05) is 26.0 Å². The predicted molar refractivity (Wildman–Crippen MR) is 87.4 cm³/mol. The molecular formula is C18H23F2N3O. The van der Waals surface area contributed by atoms with Crippen molar-refractivity contribution in [3.05, 3.63) is 53.6 Å². The van der Waals surface area contributed by atoms with E-state index in [0.717, 1.165) is 43.9 Å². The molecule has 0 amide bonds. The Bertz CT molecular complexity index is 681. The highest BCUT2D eigenvalue weighted by molar-refractivity contribution is 5.18. The lowest BCUT2D eigenvalue weighted by atomic mass is 9.90. The summed E-state index contributed by atoms with van der Waals surface area (Å²) in [5.74, 6) is -0.659. The fraction of sp³-hybridized carbons (Fsp3) is 0.500. The van der Waals surface area contributed by atoms with Gasteiger partial charge in [0.05, 0.1) is 0 Å². The Balaban J connectivity index is 1.48. The third-order valence-corrected chi connectivity index (χ3v) is 4.90. The Morgan fingerprint density at radius 2 is 2.00 bits per heavy atom. The number of benzene rings is 1. The number of aryl methyl sites for hydroxylation is 1. The highest BCUT2D eigenvalue weighted by Crippen LogP contribution is 2.29. The van der Waals surface area contributed by atoms with E-state index in [0.29, 0.717) is 6.42 Å². The number of rotatable bonds is 5. The average molecular weight is 335 g/mol. The summed E-state index contributed by atoms with van der Waals surface area (Å²) in [5, 5.41) is 10.5. The largest absolute Gasteiger partial charge is 0.385 e. The standard InChI is InChI=1S/C18H23F2N3O/c1-22-11-7-21-18(22)17(24)14-5-9-23(10-6-14)8-4-13-2-3-15(19)16(20)12-13/h2-3,7,11-12,14,17,24H,4-6,8-10H2,1H3. The molecule has 24 heavy (non-hydrogen) atoms. The van der Waals surface area contributed by atoms with E-state index in [1.165, 1.54) is 12.1 Å². The topological polar surface area (TPSA) is 41.3 Å². The van der Waals surface area contributed by atoms with Gasteiger partial charge in [-0.3, -0.25) is 0 Å². The summed E-state index contributed by atoms with van der Waals surface area (Å²) in [6, 6.07) is 4.09. The molecule has 1 fully saturated rings. The molecule has 1 aliphatic heterocycles. The van der Waals surface area contributed by atoms with Crippen molar-refractivity contribution in [2.45, 2.75) is 25.4 Å². The third kappa shape index (κ3) is 3.82. The second-order valence-electron chi connectivity index (χ2n) is 6.52. The fourth-order valence-electron chi connectivity index (χ4n) is 3.35. The maximum Gasteiger partial charge on any atom is 0.159 e. The molecule has 0 radical (unpaired) electrons. The number of nitrogens with zero attached hydrogens (tertiary/aromatic N) is 3. The van der Waals surface area contributed by atoms with Crippen LogP contribution in [0.15, 0.2) is 30.6 Å². The molecular weight excluding hydrogens is 312 g/mol. The van der Waals surface area contributed by atoms with Crippen LogP contribution >= 0.6 is 0 Å². The lowest BCUT2D eigenvalue weighted by molar-refractivity contribution is 0.0514. The van der Waals surface area contributed by atoms with E-state index < -0.39 is 17.7 Å². The lowest BCUT2D eigenvalue weighted by Gasteiger charge is -2.34. The van der Waals surface area contributed by atoms with Gasteiger partial charge in [-0.25, -0.2) is 13.8 Å². The number of piperidine rings is 1. The van der Waals surface area contributed by atoms with Crippen molar-refractivity contribution in [3.63, 3.8) is 0 Å². The van der Waals surface area contributed by atoms with Crippen LogP contribution in [0, 0.1) is 17.6 Å². The summed E-state index contributed by atoms with van der Waals surface area (Å²) in [7, 11) is 1.89. The van der Waals surface area contributed by atoms with Crippen LogP contribution in [-0.4, -0.2) is 39.2 Å². The van der Waals surface area contributed by atoms with Crippen molar-refractivity contribution in [1.29, 1.82) is 0 Å². The Kier molecular flexibility index (Phi) is 5.26. The molecule has 0 saturated carbocycles. The van der Waals surface area contributed by atoms with Crippen LogP contribution in [0.3, 0.4) is 0 Å². The molecule has 0 aliphatic carbocycles. The SMILES string of the molecule is Cn1ccnc1C(O)C1CCN(CCc2ccc(F)c(F)c2)CC1. The number of hydrogen-bond donors (Lipinski definition) is 1. The highest BCUT2D eigenvalue weighted by Gasteiger charge is 2.28. The van der Waals surface area contributed by atoms with E-state index in [1.54, 1.807) is 12.3 Å².